The van der Waals surface area contributed by atoms with Crippen LogP contribution in [0.3, 0.4) is 0 Å². The van der Waals surface area contributed by atoms with Gasteiger partial charge in [-0.2, -0.15) is 0 Å². The van der Waals surface area contributed by atoms with Gasteiger partial charge >= 0.3 is 0 Å². The van der Waals surface area contributed by atoms with Gasteiger partial charge in [0.25, 0.3) is 5.91 Å². The molecule has 2 N–H and O–H groups in total. The number of hydrogen-bond donors (Lipinski definition) is 2. The van der Waals surface area contributed by atoms with Crippen molar-refractivity contribution in [3.05, 3.63) is 29.6 Å². The maximum absolute atomic E-state index is 13.8. The minimum atomic E-state index is -0.446. The van der Waals surface area contributed by atoms with Crippen molar-refractivity contribution in [2.45, 2.75) is 31.8 Å². The zero-order chi connectivity index (χ0) is 13.8. The van der Waals surface area contributed by atoms with E-state index in [1.165, 1.54) is 6.07 Å². The first-order valence-electron chi connectivity index (χ1n) is 6.49. The highest BCUT2D eigenvalue weighted by atomic mass is 19.1. The molecule has 0 spiro atoms. The van der Waals surface area contributed by atoms with Crippen molar-refractivity contribution in [3.63, 3.8) is 0 Å². The van der Waals surface area contributed by atoms with E-state index in [0.29, 0.717) is 6.04 Å². The van der Waals surface area contributed by atoms with Crippen molar-refractivity contribution in [3.8, 4) is 5.75 Å². The molecule has 1 saturated carbocycles. The van der Waals surface area contributed by atoms with Crippen LogP contribution in [0.2, 0.25) is 0 Å². The second kappa shape index (κ2) is 6.02. The highest BCUT2D eigenvalue weighted by Crippen LogP contribution is 2.22. The molecule has 0 heterocycles. The SMILES string of the molecule is CNC(C)c1ccc(OCC(=O)NC2CC2)c(F)c1. The van der Waals surface area contributed by atoms with Gasteiger partial charge in [0.15, 0.2) is 18.2 Å². The second-order valence-electron chi connectivity index (χ2n) is 4.83. The number of ether oxygens (including phenoxy) is 1. The maximum atomic E-state index is 13.8. The van der Waals surface area contributed by atoms with Crippen LogP contribution in [0.4, 0.5) is 4.39 Å². The molecule has 0 radical (unpaired) electrons. The lowest BCUT2D eigenvalue weighted by Gasteiger charge is -2.12. The predicted molar refractivity (Wildman–Crippen MR) is 70.5 cm³/mol. The van der Waals surface area contributed by atoms with E-state index in [4.69, 9.17) is 4.74 Å². The summed E-state index contributed by atoms with van der Waals surface area (Å²) in [5.74, 6) is -0.536. The molecule has 0 aromatic heterocycles. The highest BCUT2D eigenvalue weighted by molar-refractivity contribution is 5.78. The molecule has 5 heteroatoms. The third-order valence-corrected chi connectivity index (χ3v) is 3.19. The van der Waals surface area contributed by atoms with E-state index in [2.05, 4.69) is 10.6 Å². The van der Waals surface area contributed by atoms with Crippen LogP contribution in [0.5, 0.6) is 5.75 Å². The molecule has 2 rings (SSSR count). The van der Waals surface area contributed by atoms with Gasteiger partial charge in [-0.1, -0.05) is 6.07 Å². The van der Waals surface area contributed by atoms with E-state index >= 15 is 0 Å². The summed E-state index contributed by atoms with van der Waals surface area (Å²) in [6.45, 7) is 1.80. The molecule has 0 bridgehead atoms. The van der Waals surface area contributed by atoms with Crippen molar-refractivity contribution >= 4 is 5.91 Å². The van der Waals surface area contributed by atoms with Crippen LogP contribution < -0.4 is 15.4 Å². The van der Waals surface area contributed by atoms with Gasteiger partial charge in [-0.15, -0.1) is 0 Å². The average Bonchev–Trinajstić information content (AvgIpc) is 3.20. The first-order valence-corrected chi connectivity index (χ1v) is 6.49. The van der Waals surface area contributed by atoms with Crippen LogP contribution in [0.1, 0.15) is 31.4 Å². The largest absolute Gasteiger partial charge is 0.481 e. The lowest BCUT2D eigenvalue weighted by atomic mass is 10.1. The van der Waals surface area contributed by atoms with Crippen molar-refractivity contribution in [2.75, 3.05) is 13.7 Å². The fourth-order valence-corrected chi connectivity index (χ4v) is 1.71. The minimum Gasteiger partial charge on any atom is -0.481 e. The molecule has 4 nitrogen and oxygen atoms in total. The summed E-state index contributed by atoms with van der Waals surface area (Å²) in [6.07, 6.45) is 2.05. The summed E-state index contributed by atoms with van der Waals surface area (Å²) < 4.78 is 19.0. The normalized spacial score (nSPS) is 15.9. The molecule has 1 unspecified atom stereocenters. The van der Waals surface area contributed by atoms with Gasteiger partial charge in [-0.25, -0.2) is 4.39 Å². The van der Waals surface area contributed by atoms with Crippen molar-refractivity contribution in [1.82, 2.24) is 10.6 Å². The minimum absolute atomic E-state index is 0.0710. The number of halogens is 1. The molecule has 0 aliphatic heterocycles. The van der Waals surface area contributed by atoms with Gasteiger partial charge in [-0.05, 0) is 44.5 Å². The fraction of sp³-hybridized carbons (Fsp3) is 0.500. The molecule has 1 fully saturated rings. The van der Waals surface area contributed by atoms with Gasteiger partial charge in [0.1, 0.15) is 0 Å². The van der Waals surface area contributed by atoms with E-state index < -0.39 is 5.82 Å². The lowest BCUT2D eigenvalue weighted by molar-refractivity contribution is -0.123. The van der Waals surface area contributed by atoms with Crippen LogP contribution in [0, 0.1) is 5.82 Å². The Morgan fingerprint density at radius 2 is 2.26 bits per heavy atom. The molecule has 0 saturated heterocycles. The number of benzene rings is 1. The van der Waals surface area contributed by atoms with Crippen molar-refractivity contribution < 1.29 is 13.9 Å². The zero-order valence-corrected chi connectivity index (χ0v) is 11.2. The van der Waals surface area contributed by atoms with Crippen LogP contribution in [-0.4, -0.2) is 25.6 Å². The highest BCUT2D eigenvalue weighted by Gasteiger charge is 2.23. The third kappa shape index (κ3) is 3.92. The van der Waals surface area contributed by atoms with Gasteiger partial charge in [0.2, 0.25) is 0 Å². The first kappa shape index (κ1) is 13.8. The molecule has 1 aliphatic carbocycles. The topological polar surface area (TPSA) is 50.4 Å². The Morgan fingerprint density at radius 3 is 2.84 bits per heavy atom. The monoisotopic (exact) mass is 266 g/mol. The van der Waals surface area contributed by atoms with Crippen LogP contribution in [0.15, 0.2) is 18.2 Å². The Bertz CT molecular complexity index is 461. The number of rotatable bonds is 6. The first-order chi connectivity index (χ1) is 9.10. The Morgan fingerprint density at radius 1 is 1.53 bits per heavy atom. The Balaban J connectivity index is 1.90. The average molecular weight is 266 g/mol. The Kier molecular flexibility index (Phi) is 4.37. The fourth-order valence-electron chi connectivity index (χ4n) is 1.71. The van der Waals surface area contributed by atoms with Crippen molar-refractivity contribution in [1.29, 1.82) is 0 Å². The molecule has 1 amide bonds. The summed E-state index contributed by atoms with van der Waals surface area (Å²) in [6, 6.07) is 5.14. The van der Waals surface area contributed by atoms with E-state index in [1.54, 1.807) is 12.1 Å². The maximum Gasteiger partial charge on any atom is 0.258 e. The summed E-state index contributed by atoms with van der Waals surface area (Å²) in [5, 5.41) is 5.82. The number of amides is 1. The molecular formula is C14H19FN2O2. The van der Waals surface area contributed by atoms with Crippen molar-refractivity contribution in [2.24, 2.45) is 0 Å². The van der Waals surface area contributed by atoms with Gasteiger partial charge in [-0.3, -0.25) is 4.79 Å². The summed E-state index contributed by atoms with van der Waals surface area (Å²) in [7, 11) is 1.81. The summed E-state index contributed by atoms with van der Waals surface area (Å²) in [5.41, 5.74) is 0.842. The Hall–Kier alpha value is -1.62. The van der Waals surface area contributed by atoms with E-state index in [0.717, 1.165) is 18.4 Å². The molecule has 1 atom stereocenters. The van der Waals surface area contributed by atoms with Gasteiger partial charge in [0, 0.05) is 12.1 Å². The van der Waals surface area contributed by atoms with Crippen LogP contribution in [-0.2, 0) is 4.79 Å². The quantitative estimate of drug-likeness (QED) is 0.825. The smallest absolute Gasteiger partial charge is 0.258 e. The van der Waals surface area contributed by atoms with Crippen LogP contribution >= 0.6 is 0 Å². The van der Waals surface area contributed by atoms with E-state index in [9.17, 15) is 9.18 Å². The summed E-state index contributed by atoms with van der Waals surface area (Å²) >= 11 is 0. The second-order valence-corrected chi connectivity index (χ2v) is 4.83. The number of carbonyl (C=O) groups excluding carboxylic acids is 1. The molecule has 19 heavy (non-hydrogen) atoms. The van der Waals surface area contributed by atoms with E-state index in [1.807, 2.05) is 14.0 Å². The molecule has 1 aromatic carbocycles. The predicted octanol–water partition coefficient (Wildman–Crippen LogP) is 1.76. The standard InChI is InChI=1S/C14H19FN2O2/c1-9(16-2)10-3-6-13(12(15)7-10)19-8-14(18)17-11-4-5-11/h3,6-7,9,11,16H,4-5,8H2,1-2H3,(H,17,18). The Labute approximate surface area is 112 Å². The molecule has 104 valence electrons. The van der Waals surface area contributed by atoms with Gasteiger partial charge in [0.05, 0.1) is 0 Å². The summed E-state index contributed by atoms with van der Waals surface area (Å²) in [4.78, 5) is 11.4. The number of carbonyl (C=O) groups is 1. The molecular weight excluding hydrogens is 247 g/mol. The third-order valence-electron chi connectivity index (χ3n) is 3.19. The zero-order valence-electron chi connectivity index (χ0n) is 11.2. The van der Waals surface area contributed by atoms with Gasteiger partial charge < -0.3 is 15.4 Å². The number of nitrogens with one attached hydrogen (secondary N) is 2. The molecule has 1 aromatic rings. The van der Waals surface area contributed by atoms with Crippen LogP contribution in [0.25, 0.3) is 0 Å². The molecule has 1 aliphatic rings. The lowest BCUT2D eigenvalue weighted by Crippen LogP contribution is -2.30. The number of hydrogen-bond acceptors (Lipinski definition) is 3. The van der Waals surface area contributed by atoms with E-state index in [-0.39, 0.29) is 24.3 Å².